The summed E-state index contributed by atoms with van der Waals surface area (Å²) in [5.74, 6) is 1.13. The summed E-state index contributed by atoms with van der Waals surface area (Å²) >= 11 is 0. The topological polar surface area (TPSA) is 91.4 Å². The average Bonchev–Trinajstić information content (AvgIpc) is 3.17. The Bertz CT molecular complexity index is 921. The van der Waals surface area contributed by atoms with E-state index in [-0.39, 0.29) is 11.6 Å². The minimum atomic E-state index is -0.339. The van der Waals surface area contributed by atoms with E-state index >= 15 is 0 Å². The molecule has 0 aliphatic rings. The second kappa shape index (κ2) is 9.75. The molecule has 0 fully saturated rings. The molecule has 1 heterocycles. The molecule has 0 radical (unpaired) electrons. The number of para-hydroxylation sites is 1. The van der Waals surface area contributed by atoms with Crippen LogP contribution in [0, 0.1) is 5.92 Å². The van der Waals surface area contributed by atoms with Crippen LogP contribution in [0.25, 0.3) is 5.69 Å². The van der Waals surface area contributed by atoms with E-state index in [0.29, 0.717) is 42.9 Å². The van der Waals surface area contributed by atoms with Crippen LogP contribution < -0.4 is 20.5 Å². The number of benzene rings is 2. The predicted octanol–water partition coefficient (Wildman–Crippen LogP) is 3.50. The number of nitrogens with zero attached hydrogens (tertiary/aromatic N) is 2. The van der Waals surface area contributed by atoms with Crippen molar-refractivity contribution in [3.8, 4) is 17.2 Å². The fourth-order valence-electron chi connectivity index (χ4n) is 2.59. The highest BCUT2D eigenvalue weighted by Crippen LogP contribution is 2.23. The van der Waals surface area contributed by atoms with Gasteiger partial charge in [0.2, 0.25) is 0 Å². The lowest BCUT2D eigenvalue weighted by atomic mass is 10.2. The summed E-state index contributed by atoms with van der Waals surface area (Å²) < 4.78 is 12.9. The molecule has 3 N–H and O–H groups in total. The van der Waals surface area contributed by atoms with Gasteiger partial charge >= 0.3 is 0 Å². The Balaban J connectivity index is 1.79. The first-order chi connectivity index (χ1) is 14.1. The van der Waals surface area contributed by atoms with E-state index in [2.05, 4.69) is 24.3 Å². The zero-order valence-electron chi connectivity index (χ0n) is 16.7. The first-order valence-corrected chi connectivity index (χ1v) is 9.59. The van der Waals surface area contributed by atoms with Crippen LogP contribution in [0.15, 0.2) is 60.8 Å². The summed E-state index contributed by atoms with van der Waals surface area (Å²) in [6.07, 6.45) is 1.73. The van der Waals surface area contributed by atoms with Crippen LogP contribution in [-0.4, -0.2) is 35.4 Å². The molecule has 7 heteroatoms. The lowest BCUT2D eigenvalue weighted by molar-refractivity contribution is 0.101. The number of hydrogen-bond donors (Lipinski definition) is 2. The van der Waals surface area contributed by atoms with E-state index in [1.165, 1.54) is 0 Å². The Hall–Kier alpha value is -3.32. The zero-order chi connectivity index (χ0) is 20.6. The Morgan fingerprint density at radius 1 is 1.10 bits per heavy atom. The standard InChI is InChI=1S/C22H26N4O3/c1-16(2)15-29-20-14-26(18-6-4-3-5-7-18)25-21(20)22(27)24-17-8-10-19(11-9-17)28-13-12-23/h3-11,14,16H,12-13,15,23H2,1-2H3,(H,24,27). The number of nitrogens with one attached hydrogen (secondary N) is 1. The second-order valence-electron chi connectivity index (χ2n) is 6.94. The van der Waals surface area contributed by atoms with Gasteiger partial charge in [0.15, 0.2) is 11.4 Å². The van der Waals surface area contributed by atoms with Crippen molar-refractivity contribution in [1.29, 1.82) is 0 Å². The van der Waals surface area contributed by atoms with Gasteiger partial charge in [0.1, 0.15) is 12.4 Å². The number of ether oxygens (including phenoxy) is 2. The summed E-state index contributed by atoms with van der Waals surface area (Å²) in [6.45, 7) is 5.49. The molecule has 1 aromatic heterocycles. The van der Waals surface area contributed by atoms with Gasteiger partial charge in [0.05, 0.1) is 18.5 Å². The van der Waals surface area contributed by atoms with Crippen molar-refractivity contribution in [1.82, 2.24) is 9.78 Å². The molecule has 3 aromatic rings. The molecule has 0 aliphatic carbocycles. The van der Waals surface area contributed by atoms with Crippen LogP contribution in [0.5, 0.6) is 11.5 Å². The fourth-order valence-corrected chi connectivity index (χ4v) is 2.59. The molecule has 3 rings (SSSR count). The Labute approximate surface area is 170 Å². The third-order valence-electron chi connectivity index (χ3n) is 3.99. The quantitative estimate of drug-likeness (QED) is 0.580. The van der Waals surface area contributed by atoms with Crippen LogP contribution >= 0.6 is 0 Å². The maximum Gasteiger partial charge on any atom is 0.280 e. The minimum Gasteiger partial charge on any atom is -0.492 e. The molecule has 0 aliphatic heterocycles. The van der Waals surface area contributed by atoms with Gasteiger partial charge in [-0.05, 0) is 42.3 Å². The van der Waals surface area contributed by atoms with Gasteiger partial charge < -0.3 is 20.5 Å². The van der Waals surface area contributed by atoms with Crippen molar-refractivity contribution in [2.45, 2.75) is 13.8 Å². The maximum absolute atomic E-state index is 12.9. The molecule has 0 saturated heterocycles. The molecule has 0 unspecified atom stereocenters. The number of carbonyl (C=O) groups excluding carboxylic acids is 1. The van der Waals surface area contributed by atoms with E-state index < -0.39 is 0 Å². The Kier molecular flexibility index (Phi) is 6.86. The van der Waals surface area contributed by atoms with Crippen molar-refractivity contribution in [3.05, 3.63) is 66.5 Å². The van der Waals surface area contributed by atoms with Crippen molar-refractivity contribution in [2.75, 3.05) is 25.1 Å². The third-order valence-corrected chi connectivity index (χ3v) is 3.99. The Morgan fingerprint density at radius 2 is 1.83 bits per heavy atom. The molecule has 152 valence electrons. The normalized spacial score (nSPS) is 10.8. The fraction of sp³-hybridized carbons (Fsp3) is 0.273. The first-order valence-electron chi connectivity index (χ1n) is 9.59. The SMILES string of the molecule is CC(C)COc1cn(-c2ccccc2)nc1C(=O)Nc1ccc(OCCN)cc1. The highest BCUT2D eigenvalue weighted by Gasteiger charge is 2.19. The smallest absolute Gasteiger partial charge is 0.280 e. The van der Waals surface area contributed by atoms with Gasteiger partial charge in [-0.3, -0.25) is 4.79 Å². The maximum atomic E-state index is 12.9. The number of anilines is 1. The van der Waals surface area contributed by atoms with E-state index in [0.717, 1.165) is 5.69 Å². The molecule has 1 amide bonds. The van der Waals surface area contributed by atoms with Crippen LogP contribution in [0.1, 0.15) is 24.3 Å². The van der Waals surface area contributed by atoms with Crippen molar-refractivity contribution in [3.63, 3.8) is 0 Å². The van der Waals surface area contributed by atoms with Crippen molar-refractivity contribution < 1.29 is 14.3 Å². The monoisotopic (exact) mass is 394 g/mol. The molecule has 2 aromatic carbocycles. The summed E-state index contributed by atoms with van der Waals surface area (Å²) in [4.78, 5) is 12.9. The van der Waals surface area contributed by atoms with Crippen molar-refractivity contribution >= 4 is 11.6 Å². The zero-order valence-corrected chi connectivity index (χ0v) is 16.7. The largest absolute Gasteiger partial charge is 0.492 e. The van der Waals surface area contributed by atoms with Gasteiger partial charge in [-0.1, -0.05) is 32.0 Å². The minimum absolute atomic E-state index is 0.234. The lowest BCUT2D eigenvalue weighted by Gasteiger charge is -2.09. The number of rotatable bonds is 9. The van der Waals surface area contributed by atoms with E-state index in [1.807, 2.05) is 30.3 Å². The highest BCUT2D eigenvalue weighted by molar-refractivity contribution is 6.04. The van der Waals surface area contributed by atoms with Gasteiger partial charge in [-0.25, -0.2) is 4.68 Å². The number of amides is 1. The summed E-state index contributed by atoms with van der Waals surface area (Å²) in [7, 11) is 0. The first kappa shape index (κ1) is 20.4. The van der Waals surface area contributed by atoms with Crippen LogP contribution in [0.3, 0.4) is 0 Å². The summed E-state index contributed by atoms with van der Waals surface area (Å²) in [5.41, 5.74) is 7.16. The van der Waals surface area contributed by atoms with E-state index in [9.17, 15) is 4.79 Å². The molecule has 29 heavy (non-hydrogen) atoms. The highest BCUT2D eigenvalue weighted by atomic mass is 16.5. The van der Waals surface area contributed by atoms with Gasteiger partial charge in [0, 0.05) is 12.2 Å². The van der Waals surface area contributed by atoms with E-state index in [4.69, 9.17) is 15.2 Å². The molecule has 0 saturated carbocycles. The van der Waals surface area contributed by atoms with Crippen LogP contribution in [0.4, 0.5) is 5.69 Å². The predicted molar refractivity (Wildman–Crippen MR) is 113 cm³/mol. The molecular weight excluding hydrogens is 368 g/mol. The molecule has 7 nitrogen and oxygen atoms in total. The number of carbonyl (C=O) groups is 1. The second-order valence-corrected chi connectivity index (χ2v) is 6.94. The number of hydrogen-bond acceptors (Lipinski definition) is 5. The Morgan fingerprint density at radius 3 is 2.48 bits per heavy atom. The molecule has 0 bridgehead atoms. The number of nitrogens with two attached hydrogens (primary N) is 1. The van der Waals surface area contributed by atoms with Gasteiger partial charge in [-0.2, -0.15) is 5.10 Å². The summed E-state index contributed by atoms with van der Waals surface area (Å²) in [5, 5.41) is 7.31. The molecule has 0 spiro atoms. The number of aromatic nitrogens is 2. The van der Waals surface area contributed by atoms with Crippen molar-refractivity contribution in [2.24, 2.45) is 11.7 Å². The molecule has 0 atom stereocenters. The molecular formula is C22H26N4O3. The van der Waals surface area contributed by atoms with Crippen LogP contribution in [0.2, 0.25) is 0 Å². The lowest BCUT2D eigenvalue weighted by Crippen LogP contribution is -2.15. The average molecular weight is 394 g/mol. The van der Waals surface area contributed by atoms with Gasteiger partial charge in [0.25, 0.3) is 5.91 Å². The summed E-state index contributed by atoms with van der Waals surface area (Å²) in [6, 6.07) is 16.7. The van der Waals surface area contributed by atoms with E-state index in [1.54, 1.807) is 35.1 Å². The van der Waals surface area contributed by atoms with Gasteiger partial charge in [-0.15, -0.1) is 0 Å². The third kappa shape index (κ3) is 5.58. The van der Waals surface area contributed by atoms with Crippen LogP contribution in [-0.2, 0) is 0 Å².